The summed E-state index contributed by atoms with van der Waals surface area (Å²) in [4.78, 5) is 12.2. The summed E-state index contributed by atoms with van der Waals surface area (Å²) in [5.41, 5.74) is -1.27. The monoisotopic (exact) mass is 485 g/mol. The van der Waals surface area contributed by atoms with E-state index in [4.69, 9.17) is 9.47 Å². The third-order valence-corrected chi connectivity index (χ3v) is 7.64. The van der Waals surface area contributed by atoms with Gasteiger partial charge in [-0.1, -0.05) is 37.3 Å². The quantitative estimate of drug-likeness (QED) is 0.632. The Bertz CT molecular complexity index is 1120. The Morgan fingerprint density at radius 3 is 2.27 bits per heavy atom. The number of methoxy groups -OCH3 is 2. The summed E-state index contributed by atoms with van der Waals surface area (Å²) < 4.78 is 78.8. The van der Waals surface area contributed by atoms with Crippen molar-refractivity contribution in [1.29, 1.82) is 0 Å². The maximum atomic E-state index is 13.7. The standard InChI is InChI=1S/C23H26F3NO5S/c1-4-16(28)12-22(13-23(24,25)26)14-33(29,30)20-11-19(32-3)18(31-2)10-17(20)21(27-22)15-8-6-5-7-9-15/h5-11,21,27H,4,12-14H2,1-3H3/t21-,22+/m0/s1. The Hall–Kier alpha value is -2.59. The van der Waals surface area contributed by atoms with Crippen molar-refractivity contribution in [3.05, 3.63) is 53.6 Å². The van der Waals surface area contributed by atoms with Gasteiger partial charge in [0.05, 0.1) is 37.3 Å². The van der Waals surface area contributed by atoms with Gasteiger partial charge in [-0.15, -0.1) is 0 Å². The number of benzene rings is 2. The number of sulfone groups is 1. The molecule has 1 aliphatic heterocycles. The van der Waals surface area contributed by atoms with Crippen molar-refractivity contribution in [3.63, 3.8) is 0 Å². The fourth-order valence-corrected chi connectivity index (χ4v) is 6.29. The number of carbonyl (C=O) groups is 1. The Labute approximate surface area is 191 Å². The number of hydrogen-bond acceptors (Lipinski definition) is 6. The molecule has 0 fully saturated rings. The minimum Gasteiger partial charge on any atom is -0.493 e. The molecule has 1 N–H and O–H groups in total. The molecular weight excluding hydrogens is 459 g/mol. The first kappa shape index (κ1) is 25.0. The fourth-order valence-electron chi connectivity index (χ4n) is 4.30. The molecule has 0 aromatic heterocycles. The van der Waals surface area contributed by atoms with Gasteiger partial charge >= 0.3 is 6.18 Å². The summed E-state index contributed by atoms with van der Waals surface area (Å²) in [5.74, 6) is -0.978. The van der Waals surface area contributed by atoms with Gasteiger partial charge in [-0.3, -0.25) is 10.1 Å². The van der Waals surface area contributed by atoms with Crippen molar-refractivity contribution in [2.45, 2.75) is 48.8 Å². The average Bonchev–Trinajstić information content (AvgIpc) is 2.83. The second-order valence-corrected chi connectivity index (χ2v) is 10.1. The third kappa shape index (κ3) is 5.50. The molecule has 0 radical (unpaired) electrons. The van der Waals surface area contributed by atoms with E-state index in [1.807, 2.05) is 0 Å². The van der Waals surface area contributed by atoms with Crippen molar-refractivity contribution in [3.8, 4) is 11.5 Å². The van der Waals surface area contributed by atoms with Crippen LogP contribution in [0.25, 0.3) is 0 Å². The molecule has 0 spiro atoms. The van der Waals surface area contributed by atoms with Crippen LogP contribution in [0.3, 0.4) is 0 Å². The summed E-state index contributed by atoms with van der Waals surface area (Å²) in [6.45, 7) is 1.54. The predicted molar refractivity (Wildman–Crippen MR) is 116 cm³/mol. The van der Waals surface area contributed by atoms with E-state index in [1.165, 1.54) is 33.3 Å². The van der Waals surface area contributed by atoms with Crippen LogP contribution in [0, 0.1) is 0 Å². The zero-order valence-electron chi connectivity index (χ0n) is 18.5. The summed E-state index contributed by atoms with van der Waals surface area (Å²) in [6.07, 6.45) is -6.76. The number of carbonyl (C=O) groups excluding carboxylic acids is 1. The van der Waals surface area contributed by atoms with E-state index in [1.54, 1.807) is 30.3 Å². The molecule has 180 valence electrons. The Balaban J connectivity index is 2.32. The van der Waals surface area contributed by atoms with Gasteiger partial charge in [0.15, 0.2) is 21.3 Å². The molecule has 1 aliphatic rings. The topological polar surface area (TPSA) is 81.7 Å². The molecule has 2 atom stereocenters. The van der Waals surface area contributed by atoms with Crippen LogP contribution in [0.1, 0.15) is 43.4 Å². The molecule has 10 heteroatoms. The molecule has 33 heavy (non-hydrogen) atoms. The molecule has 0 saturated heterocycles. The van der Waals surface area contributed by atoms with Crippen LogP contribution in [0.15, 0.2) is 47.4 Å². The van der Waals surface area contributed by atoms with E-state index in [2.05, 4.69) is 5.32 Å². The Kier molecular flexibility index (Phi) is 7.09. The lowest BCUT2D eigenvalue weighted by molar-refractivity contribution is -0.151. The normalized spacial score (nSPS) is 22.2. The molecule has 0 unspecified atom stereocenters. The molecule has 1 heterocycles. The zero-order chi connectivity index (χ0) is 24.4. The van der Waals surface area contributed by atoms with Crippen molar-refractivity contribution < 1.29 is 35.9 Å². The lowest BCUT2D eigenvalue weighted by Crippen LogP contribution is -2.54. The number of ether oxygens (including phenoxy) is 2. The number of fused-ring (bicyclic) bond motifs is 1. The molecule has 0 bridgehead atoms. The van der Waals surface area contributed by atoms with Crippen molar-refractivity contribution in [2.75, 3.05) is 20.0 Å². The van der Waals surface area contributed by atoms with E-state index in [0.717, 1.165) is 0 Å². The highest BCUT2D eigenvalue weighted by Crippen LogP contribution is 2.44. The summed E-state index contributed by atoms with van der Waals surface area (Å²) in [7, 11) is -1.54. The van der Waals surface area contributed by atoms with Gasteiger partial charge < -0.3 is 9.47 Å². The lowest BCUT2D eigenvalue weighted by Gasteiger charge is -2.36. The Morgan fingerprint density at radius 2 is 1.73 bits per heavy atom. The maximum Gasteiger partial charge on any atom is 0.390 e. The number of ketones is 1. The van der Waals surface area contributed by atoms with Crippen LogP contribution in [-0.4, -0.2) is 45.9 Å². The lowest BCUT2D eigenvalue weighted by atomic mass is 9.86. The first-order chi connectivity index (χ1) is 15.4. The fraction of sp³-hybridized carbons (Fsp3) is 0.435. The van der Waals surface area contributed by atoms with Crippen LogP contribution in [0.4, 0.5) is 13.2 Å². The molecule has 2 aromatic rings. The minimum atomic E-state index is -4.70. The SMILES string of the molecule is CCC(=O)C[C@@]1(CC(F)(F)F)CS(=O)(=O)c2cc(OC)c(OC)cc2[C@H](c2ccccc2)N1. The highest BCUT2D eigenvalue weighted by Gasteiger charge is 2.50. The zero-order valence-corrected chi connectivity index (χ0v) is 19.3. The third-order valence-electron chi connectivity index (χ3n) is 5.68. The highest BCUT2D eigenvalue weighted by molar-refractivity contribution is 7.91. The largest absolute Gasteiger partial charge is 0.493 e. The maximum absolute atomic E-state index is 13.7. The van der Waals surface area contributed by atoms with E-state index in [-0.39, 0.29) is 28.4 Å². The first-order valence-electron chi connectivity index (χ1n) is 10.3. The molecule has 0 saturated carbocycles. The van der Waals surface area contributed by atoms with Crippen LogP contribution < -0.4 is 14.8 Å². The number of nitrogens with one attached hydrogen (secondary N) is 1. The first-order valence-corrected chi connectivity index (χ1v) is 12.0. The van der Waals surface area contributed by atoms with Gasteiger partial charge in [0.2, 0.25) is 0 Å². The second kappa shape index (κ2) is 9.34. The minimum absolute atomic E-state index is 0.00800. The van der Waals surface area contributed by atoms with Crippen molar-refractivity contribution in [2.24, 2.45) is 0 Å². The van der Waals surface area contributed by atoms with Crippen LogP contribution in [-0.2, 0) is 14.6 Å². The van der Waals surface area contributed by atoms with Gasteiger partial charge in [0.25, 0.3) is 0 Å². The molecule has 0 aliphatic carbocycles. The molecule has 6 nitrogen and oxygen atoms in total. The second-order valence-electron chi connectivity index (χ2n) is 8.13. The van der Waals surface area contributed by atoms with Gasteiger partial charge in [-0.05, 0) is 17.2 Å². The molecule has 3 rings (SSSR count). The van der Waals surface area contributed by atoms with Crippen molar-refractivity contribution in [1.82, 2.24) is 5.32 Å². The summed E-state index contributed by atoms with van der Waals surface area (Å²) >= 11 is 0. The number of halogens is 3. The van der Waals surface area contributed by atoms with Crippen LogP contribution in [0.2, 0.25) is 0 Å². The molecule has 2 aromatic carbocycles. The van der Waals surface area contributed by atoms with Crippen LogP contribution in [0.5, 0.6) is 11.5 Å². The summed E-state index contributed by atoms with van der Waals surface area (Å²) in [6, 6.07) is 10.3. The van der Waals surface area contributed by atoms with E-state index in [0.29, 0.717) is 5.56 Å². The number of alkyl halides is 3. The van der Waals surface area contributed by atoms with Gasteiger partial charge in [0, 0.05) is 24.4 Å². The van der Waals surface area contributed by atoms with E-state index in [9.17, 15) is 26.4 Å². The van der Waals surface area contributed by atoms with Gasteiger partial charge in [0.1, 0.15) is 5.78 Å². The van der Waals surface area contributed by atoms with Crippen molar-refractivity contribution >= 4 is 15.6 Å². The van der Waals surface area contributed by atoms with E-state index < -0.39 is 52.0 Å². The number of Topliss-reactive ketones (excluding diaryl/α,β-unsaturated/α-hetero) is 1. The molecular formula is C23H26F3NO5S. The smallest absolute Gasteiger partial charge is 0.390 e. The van der Waals surface area contributed by atoms with Gasteiger partial charge in [-0.2, -0.15) is 13.2 Å². The van der Waals surface area contributed by atoms with Crippen LogP contribution >= 0.6 is 0 Å². The Morgan fingerprint density at radius 1 is 1.12 bits per heavy atom. The highest BCUT2D eigenvalue weighted by atomic mass is 32.2. The van der Waals surface area contributed by atoms with E-state index >= 15 is 0 Å². The number of rotatable bonds is 7. The van der Waals surface area contributed by atoms with Gasteiger partial charge in [-0.25, -0.2) is 8.42 Å². The number of hydrogen-bond donors (Lipinski definition) is 1. The average molecular weight is 486 g/mol. The molecule has 0 amide bonds. The summed E-state index contributed by atoms with van der Waals surface area (Å²) in [5, 5.41) is 2.95. The predicted octanol–water partition coefficient (Wildman–Crippen LogP) is 4.23.